The molecule has 0 spiro atoms. The number of aliphatic hydroxyl groups is 1. The number of rotatable bonds is 3. The summed E-state index contributed by atoms with van der Waals surface area (Å²) in [4.78, 5) is 20.1. The summed E-state index contributed by atoms with van der Waals surface area (Å²) < 4.78 is 0. The number of aliphatic hydroxyl groups excluding tert-OH is 1. The number of amidine groups is 1. The van der Waals surface area contributed by atoms with Gasteiger partial charge in [0, 0.05) is 10.9 Å². The molecule has 2 N–H and O–H groups in total. The van der Waals surface area contributed by atoms with Crippen LogP contribution in [0, 0.1) is 5.92 Å². The molecule has 0 aliphatic carbocycles. The van der Waals surface area contributed by atoms with Crippen LogP contribution in [0.3, 0.4) is 0 Å². The van der Waals surface area contributed by atoms with Crippen LogP contribution >= 0.6 is 0 Å². The van der Waals surface area contributed by atoms with Crippen molar-refractivity contribution in [2.24, 2.45) is 10.9 Å². The molecular formula is C17H18N3O3-. The number of hydrogen-bond acceptors (Lipinski definition) is 6. The molecule has 1 aliphatic rings. The van der Waals surface area contributed by atoms with Gasteiger partial charge in [-0.05, 0) is 25.0 Å². The van der Waals surface area contributed by atoms with Gasteiger partial charge in [-0.3, -0.25) is 0 Å². The molecule has 3 rings (SSSR count). The summed E-state index contributed by atoms with van der Waals surface area (Å²) >= 11 is 0. The van der Waals surface area contributed by atoms with Crippen LogP contribution in [0.15, 0.2) is 35.3 Å². The zero-order valence-corrected chi connectivity index (χ0v) is 13.2. The van der Waals surface area contributed by atoms with Crippen LogP contribution in [0.2, 0.25) is 0 Å². The number of fused-ring (bicyclic) bond motifs is 1. The van der Waals surface area contributed by atoms with E-state index in [4.69, 9.17) is 0 Å². The van der Waals surface area contributed by atoms with Gasteiger partial charge in [0.2, 0.25) is 0 Å². The minimum atomic E-state index is -1.32. The fraction of sp³-hybridized carbons (Fsp3) is 0.353. The number of carboxylic acid groups (broad SMARTS) is 1. The van der Waals surface area contributed by atoms with Gasteiger partial charge in [0.1, 0.15) is 5.69 Å². The van der Waals surface area contributed by atoms with E-state index in [1.807, 2.05) is 32.9 Å². The predicted molar refractivity (Wildman–Crippen MR) is 85.0 cm³/mol. The number of aliphatic imine (C=N–C) groups is 1. The highest BCUT2D eigenvalue weighted by Crippen LogP contribution is 2.28. The number of benzene rings is 1. The normalized spacial score (nSPS) is 23.9. The highest BCUT2D eigenvalue weighted by molar-refractivity contribution is 6.08. The largest absolute Gasteiger partial charge is 0.545 e. The third-order valence-electron chi connectivity index (χ3n) is 4.54. The summed E-state index contributed by atoms with van der Waals surface area (Å²) in [6, 6.07) is 8.75. The Morgan fingerprint density at radius 3 is 2.70 bits per heavy atom. The van der Waals surface area contributed by atoms with Crippen molar-refractivity contribution >= 4 is 22.7 Å². The quantitative estimate of drug-likeness (QED) is 0.868. The van der Waals surface area contributed by atoms with Crippen molar-refractivity contribution in [2.75, 3.05) is 0 Å². The molecule has 0 amide bonds. The van der Waals surface area contributed by atoms with Crippen molar-refractivity contribution < 1.29 is 15.0 Å². The molecule has 6 heteroatoms. The molecule has 1 aromatic heterocycles. The Morgan fingerprint density at radius 1 is 1.39 bits per heavy atom. The zero-order chi connectivity index (χ0) is 16.8. The number of carbonyl (C=O) groups excluding carboxylic acids is 1. The molecule has 23 heavy (non-hydrogen) atoms. The molecule has 2 unspecified atom stereocenters. The summed E-state index contributed by atoms with van der Waals surface area (Å²) in [6.45, 7) is 5.77. The van der Waals surface area contributed by atoms with Crippen molar-refractivity contribution in [1.82, 2.24) is 10.3 Å². The van der Waals surface area contributed by atoms with Crippen molar-refractivity contribution in [3.05, 3.63) is 41.6 Å². The average Bonchev–Trinajstić information content (AvgIpc) is 2.82. The van der Waals surface area contributed by atoms with E-state index in [1.165, 1.54) is 6.07 Å². The van der Waals surface area contributed by atoms with E-state index in [9.17, 15) is 15.0 Å². The number of hydrogen-bond donors (Lipinski definition) is 2. The molecule has 0 fully saturated rings. The Morgan fingerprint density at radius 2 is 2.09 bits per heavy atom. The Hall–Kier alpha value is -2.47. The number of nitrogens with zero attached hydrogens (tertiary/aromatic N) is 2. The first-order valence-corrected chi connectivity index (χ1v) is 7.48. The van der Waals surface area contributed by atoms with Crippen molar-refractivity contribution in [2.45, 2.75) is 32.5 Å². The maximum Gasteiger partial charge on any atom is 0.170 e. The SMILES string of the molecule is CC(C)C1(C)NC(c2nc3ccccc3cc2C(=O)[O-])=NC1O. The second kappa shape index (κ2) is 5.31. The van der Waals surface area contributed by atoms with Gasteiger partial charge in [0.25, 0.3) is 0 Å². The van der Waals surface area contributed by atoms with Crippen LogP contribution in [0.4, 0.5) is 0 Å². The second-order valence-electron chi connectivity index (χ2n) is 6.28. The van der Waals surface area contributed by atoms with Crippen LogP contribution in [0.1, 0.15) is 36.8 Å². The van der Waals surface area contributed by atoms with Crippen LogP contribution < -0.4 is 10.4 Å². The molecule has 0 saturated carbocycles. The first-order valence-electron chi connectivity index (χ1n) is 7.48. The van der Waals surface area contributed by atoms with E-state index in [2.05, 4.69) is 15.3 Å². The van der Waals surface area contributed by atoms with Gasteiger partial charge in [-0.1, -0.05) is 32.0 Å². The fourth-order valence-corrected chi connectivity index (χ4v) is 2.62. The highest BCUT2D eigenvalue weighted by Gasteiger charge is 2.42. The molecule has 0 bridgehead atoms. The van der Waals surface area contributed by atoms with Gasteiger partial charge >= 0.3 is 0 Å². The smallest absolute Gasteiger partial charge is 0.170 e. The fourth-order valence-electron chi connectivity index (χ4n) is 2.62. The first-order chi connectivity index (χ1) is 10.8. The minimum absolute atomic E-state index is 0.0462. The Balaban J connectivity index is 2.15. The molecule has 2 heterocycles. The number of aromatic nitrogens is 1. The van der Waals surface area contributed by atoms with Crippen LogP contribution in [0.25, 0.3) is 10.9 Å². The molecule has 6 nitrogen and oxygen atoms in total. The Bertz CT molecular complexity index is 816. The monoisotopic (exact) mass is 312 g/mol. The summed E-state index contributed by atoms with van der Waals surface area (Å²) in [5.41, 5.74) is 0.123. The topological polar surface area (TPSA) is 97.6 Å². The predicted octanol–water partition coefficient (Wildman–Crippen LogP) is 0.681. The lowest BCUT2D eigenvalue weighted by Gasteiger charge is -2.32. The summed E-state index contributed by atoms with van der Waals surface area (Å²) in [5.74, 6) is -0.959. The third kappa shape index (κ3) is 2.45. The van der Waals surface area contributed by atoms with Crippen LogP contribution in [0.5, 0.6) is 0 Å². The molecule has 1 aliphatic heterocycles. The molecule has 0 radical (unpaired) electrons. The van der Waals surface area contributed by atoms with E-state index >= 15 is 0 Å². The summed E-state index contributed by atoms with van der Waals surface area (Å²) in [5, 5.41) is 25.6. The van der Waals surface area contributed by atoms with Gasteiger partial charge in [-0.2, -0.15) is 0 Å². The maximum atomic E-state index is 11.5. The molecule has 120 valence electrons. The lowest BCUT2D eigenvalue weighted by atomic mass is 9.87. The standard InChI is InChI=1S/C17H19N3O3/c1-9(2)17(3)16(23)19-14(20-17)13-11(15(21)22)8-10-6-4-5-7-12(10)18-13/h4-9,16,23H,1-3H3,(H,19,20)(H,21,22)/p-1. The molecular weight excluding hydrogens is 294 g/mol. The Kier molecular flexibility index (Phi) is 3.56. The lowest BCUT2D eigenvalue weighted by molar-refractivity contribution is -0.255. The zero-order valence-electron chi connectivity index (χ0n) is 13.2. The number of para-hydroxylation sites is 1. The summed E-state index contributed by atoms with van der Waals surface area (Å²) in [6.07, 6.45) is -0.972. The molecule has 0 saturated heterocycles. The Labute approximate surface area is 133 Å². The molecule has 1 aromatic carbocycles. The van der Waals surface area contributed by atoms with Gasteiger partial charge in [0.05, 0.1) is 17.0 Å². The molecule has 2 aromatic rings. The summed E-state index contributed by atoms with van der Waals surface area (Å²) in [7, 11) is 0. The maximum absolute atomic E-state index is 11.5. The number of aromatic carboxylic acids is 1. The van der Waals surface area contributed by atoms with Gasteiger partial charge < -0.3 is 20.3 Å². The number of carboxylic acids is 1. The average molecular weight is 312 g/mol. The van der Waals surface area contributed by atoms with Gasteiger partial charge in [-0.15, -0.1) is 0 Å². The number of pyridine rings is 1. The van der Waals surface area contributed by atoms with Crippen LogP contribution in [-0.4, -0.2) is 33.7 Å². The first kappa shape index (κ1) is 15.4. The van der Waals surface area contributed by atoms with Crippen LogP contribution in [-0.2, 0) is 0 Å². The van der Waals surface area contributed by atoms with Crippen molar-refractivity contribution in [3.8, 4) is 0 Å². The second-order valence-corrected chi connectivity index (χ2v) is 6.28. The van der Waals surface area contributed by atoms with E-state index < -0.39 is 17.7 Å². The van der Waals surface area contributed by atoms with E-state index in [-0.39, 0.29) is 23.0 Å². The van der Waals surface area contributed by atoms with E-state index in [0.29, 0.717) is 10.9 Å². The number of nitrogens with one attached hydrogen (secondary N) is 1. The van der Waals surface area contributed by atoms with Crippen molar-refractivity contribution in [3.63, 3.8) is 0 Å². The molecule has 2 atom stereocenters. The third-order valence-corrected chi connectivity index (χ3v) is 4.54. The number of carbonyl (C=O) groups is 1. The lowest BCUT2D eigenvalue weighted by Crippen LogP contribution is -2.52. The highest BCUT2D eigenvalue weighted by atomic mass is 16.4. The minimum Gasteiger partial charge on any atom is -0.545 e. The van der Waals surface area contributed by atoms with E-state index in [1.54, 1.807) is 12.1 Å². The van der Waals surface area contributed by atoms with Crippen molar-refractivity contribution in [1.29, 1.82) is 0 Å². The van der Waals surface area contributed by atoms with Gasteiger partial charge in [-0.25, -0.2) is 9.98 Å². The van der Waals surface area contributed by atoms with Gasteiger partial charge in [0.15, 0.2) is 12.1 Å². The van der Waals surface area contributed by atoms with E-state index in [0.717, 1.165) is 0 Å².